The first-order valence-corrected chi connectivity index (χ1v) is 6.06. The molecule has 2 aromatic rings. The number of hydrogen-bond donors (Lipinski definition) is 2. The molecule has 0 bridgehead atoms. The summed E-state index contributed by atoms with van der Waals surface area (Å²) in [6, 6.07) is 10.0. The fourth-order valence-corrected chi connectivity index (χ4v) is 1.86. The second kappa shape index (κ2) is 5.63. The van der Waals surface area contributed by atoms with Gasteiger partial charge in [0.25, 0.3) is 0 Å². The van der Waals surface area contributed by atoms with Gasteiger partial charge in [0.1, 0.15) is 5.82 Å². The SMILES string of the molecule is CNc1nccc(NCc2cccc(Br)c2)n1. The Morgan fingerprint density at radius 3 is 2.94 bits per heavy atom. The van der Waals surface area contributed by atoms with E-state index in [0.29, 0.717) is 5.95 Å². The van der Waals surface area contributed by atoms with Crippen molar-refractivity contribution in [1.82, 2.24) is 9.97 Å². The Kier molecular flexibility index (Phi) is 3.93. The zero-order valence-corrected chi connectivity index (χ0v) is 11.0. The molecule has 4 nitrogen and oxygen atoms in total. The van der Waals surface area contributed by atoms with Crippen LogP contribution < -0.4 is 10.6 Å². The van der Waals surface area contributed by atoms with Crippen molar-refractivity contribution in [1.29, 1.82) is 0 Å². The van der Waals surface area contributed by atoms with Crippen molar-refractivity contribution in [2.45, 2.75) is 6.54 Å². The van der Waals surface area contributed by atoms with E-state index in [-0.39, 0.29) is 0 Å². The minimum absolute atomic E-state index is 0.615. The van der Waals surface area contributed by atoms with Crippen molar-refractivity contribution in [3.63, 3.8) is 0 Å². The molecular weight excluding hydrogens is 280 g/mol. The largest absolute Gasteiger partial charge is 0.366 e. The maximum atomic E-state index is 4.28. The number of nitrogens with one attached hydrogen (secondary N) is 2. The van der Waals surface area contributed by atoms with Crippen LogP contribution in [0.4, 0.5) is 11.8 Å². The molecule has 17 heavy (non-hydrogen) atoms. The molecule has 5 heteroatoms. The highest BCUT2D eigenvalue weighted by Crippen LogP contribution is 2.13. The van der Waals surface area contributed by atoms with E-state index < -0.39 is 0 Å². The second-order valence-corrected chi connectivity index (χ2v) is 4.41. The van der Waals surface area contributed by atoms with Crippen LogP contribution in [0.2, 0.25) is 0 Å². The third-order valence-corrected chi connectivity index (χ3v) is 2.74. The highest BCUT2D eigenvalue weighted by atomic mass is 79.9. The van der Waals surface area contributed by atoms with E-state index in [0.717, 1.165) is 16.8 Å². The van der Waals surface area contributed by atoms with Gasteiger partial charge in [0.2, 0.25) is 5.95 Å². The topological polar surface area (TPSA) is 49.8 Å². The van der Waals surface area contributed by atoms with Gasteiger partial charge in [-0.1, -0.05) is 28.1 Å². The van der Waals surface area contributed by atoms with E-state index in [1.165, 1.54) is 5.56 Å². The third-order valence-electron chi connectivity index (χ3n) is 2.24. The van der Waals surface area contributed by atoms with Gasteiger partial charge >= 0.3 is 0 Å². The van der Waals surface area contributed by atoms with Gasteiger partial charge in [-0.05, 0) is 23.8 Å². The molecule has 88 valence electrons. The molecule has 0 aliphatic carbocycles. The van der Waals surface area contributed by atoms with Crippen LogP contribution >= 0.6 is 15.9 Å². The van der Waals surface area contributed by atoms with Crippen molar-refractivity contribution in [3.05, 3.63) is 46.6 Å². The summed E-state index contributed by atoms with van der Waals surface area (Å²) in [5.74, 6) is 1.42. The summed E-state index contributed by atoms with van der Waals surface area (Å²) in [6.45, 7) is 0.736. The molecule has 0 radical (unpaired) electrons. The van der Waals surface area contributed by atoms with Crippen molar-refractivity contribution in [3.8, 4) is 0 Å². The van der Waals surface area contributed by atoms with Crippen LogP contribution in [-0.2, 0) is 6.54 Å². The molecule has 2 N–H and O–H groups in total. The highest BCUT2D eigenvalue weighted by molar-refractivity contribution is 9.10. The minimum atomic E-state index is 0.615. The molecule has 1 aromatic heterocycles. The zero-order chi connectivity index (χ0) is 12.1. The zero-order valence-electron chi connectivity index (χ0n) is 9.44. The van der Waals surface area contributed by atoms with Crippen LogP contribution in [-0.4, -0.2) is 17.0 Å². The lowest BCUT2D eigenvalue weighted by atomic mass is 10.2. The fraction of sp³-hybridized carbons (Fsp3) is 0.167. The van der Waals surface area contributed by atoms with E-state index in [1.54, 1.807) is 13.2 Å². The predicted octanol–water partition coefficient (Wildman–Crippen LogP) is 2.89. The molecule has 0 aliphatic rings. The van der Waals surface area contributed by atoms with Gasteiger partial charge in [0, 0.05) is 24.3 Å². The number of anilines is 2. The smallest absolute Gasteiger partial charge is 0.224 e. The maximum Gasteiger partial charge on any atom is 0.224 e. The van der Waals surface area contributed by atoms with E-state index in [4.69, 9.17) is 0 Å². The number of aromatic nitrogens is 2. The normalized spacial score (nSPS) is 10.0. The Morgan fingerprint density at radius 2 is 2.18 bits per heavy atom. The lowest BCUT2D eigenvalue weighted by molar-refractivity contribution is 1.08. The van der Waals surface area contributed by atoms with Gasteiger partial charge in [-0.15, -0.1) is 0 Å². The number of benzene rings is 1. The molecule has 1 heterocycles. The Labute approximate surface area is 109 Å². The summed E-state index contributed by atoms with van der Waals surface area (Å²) < 4.78 is 1.08. The van der Waals surface area contributed by atoms with Crippen LogP contribution in [0.1, 0.15) is 5.56 Å². The second-order valence-electron chi connectivity index (χ2n) is 3.50. The molecule has 0 saturated heterocycles. The first kappa shape index (κ1) is 11.9. The molecule has 0 amide bonds. The third kappa shape index (κ3) is 3.42. The fourth-order valence-electron chi connectivity index (χ4n) is 1.42. The van der Waals surface area contributed by atoms with Crippen molar-refractivity contribution < 1.29 is 0 Å². The molecule has 2 rings (SSSR count). The number of hydrogen-bond acceptors (Lipinski definition) is 4. The summed E-state index contributed by atoms with van der Waals surface area (Å²) in [7, 11) is 1.80. The highest BCUT2D eigenvalue weighted by Gasteiger charge is 1.98. The summed E-state index contributed by atoms with van der Waals surface area (Å²) >= 11 is 3.45. The van der Waals surface area contributed by atoms with E-state index >= 15 is 0 Å². The molecule has 0 saturated carbocycles. The minimum Gasteiger partial charge on any atom is -0.366 e. The van der Waals surface area contributed by atoms with E-state index in [2.05, 4.69) is 48.7 Å². The first-order chi connectivity index (χ1) is 8.28. The van der Waals surface area contributed by atoms with E-state index in [1.807, 2.05) is 18.2 Å². The first-order valence-electron chi connectivity index (χ1n) is 5.27. The summed E-state index contributed by atoms with van der Waals surface area (Å²) in [5, 5.41) is 6.16. The molecule has 0 fully saturated rings. The van der Waals surface area contributed by atoms with Crippen molar-refractivity contribution in [2.24, 2.45) is 0 Å². The van der Waals surface area contributed by atoms with Crippen LogP contribution in [0.15, 0.2) is 41.0 Å². The molecule has 0 atom stereocenters. The van der Waals surface area contributed by atoms with Crippen molar-refractivity contribution >= 4 is 27.7 Å². The van der Waals surface area contributed by atoms with Gasteiger partial charge in [-0.2, -0.15) is 4.98 Å². The lowest BCUT2D eigenvalue weighted by Crippen LogP contribution is -2.03. The molecule has 0 spiro atoms. The number of halogens is 1. The van der Waals surface area contributed by atoms with Crippen LogP contribution in [0, 0.1) is 0 Å². The number of rotatable bonds is 4. The van der Waals surface area contributed by atoms with Crippen LogP contribution in [0.25, 0.3) is 0 Å². The molecule has 0 unspecified atom stereocenters. The monoisotopic (exact) mass is 292 g/mol. The predicted molar refractivity (Wildman–Crippen MR) is 73.0 cm³/mol. The molecule has 1 aromatic carbocycles. The summed E-state index contributed by atoms with van der Waals surface area (Å²) in [6.07, 6.45) is 1.72. The summed E-state index contributed by atoms with van der Waals surface area (Å²) in [5.41, 5.74) is 1.20. The Hall–Kier alpha value is -1.62. The van der Waals surface area contributed by atoms with Crippen LogP contribution in [0.3, 0.4) is 0 Å². The maximum absolute atomic E-state index is 4.28. The number of nitrogens with zero attached hydrogens (tertiary/aromatic N) is 2. The average molecular weight is 293 g/mol. The Morgan fingerprint density at radius 1 is 1.29 bits per heavy atom. The quantitative estimate of drug-likeness (QED) is 0.910. The van der Waals surface area contributed by atoms with Gasteiger partial charge < -0.3 is 10.6 Å². The Balaban J connectivity index is 2.02. The standard InChI is InChI=1S/C12H13BrN4/c1-14-12-15-6-5-11(17-12)16-8-9-3-2-4-10(13)7-9/h2-7H,8H2,1H3,(H2,14,15,16,17). The van der Waals surface area contributed by atoms with Gasteiger partial charge in [-0.3, -0.25) is 0 Å². The summed E-state index contributed by atoms with van der Waals surface area (Å²) in [4.78, 5) is 8.34. The Bertz CT molecular complexity index is 501. The lowest BCUT2D eigenvalue weighted by Gasteiger charge is -2.07. The van der Waals surface area contributed by atoms with Gasteiger partial charge in [0.15, 0.2) is 0 Å². The van der Waals surface area contributed by atoms with Crippen LogP contribution in [0.5, 0.6) is 0 Å². The average Bonchev–Trinajstić information content (AvgIpc) is 2.37. The van der Waals surface area contributed by atoms with Crippen molar-refractivity contribution in [2.75, 3.05) is 17.7 Å². The van der Waals surface area contributed by atoms with Gasteiger partial charge in [0.05, 0.1) is 0 Å². The van der Waals surface area contributed by atoms with Gasteiger partial charge in [-0.25, -0.2) is 4.98 Å². The molecule has 0 aliphatic heterocycles. The van der Waals surface area contributed by atoms with E-state index in [9.17, 15) is 0 Å². The molecular formula is C12H13BrN4.